The van der Waals surface area contributed by atoms with Crippen LogP contribution in [-0.4, -0.2) is 24.5 Å². The molecule has 0 saturated carbocycles. The molecule has 0 aliphatic carbocycles. The molecule has 0 aromatic heterocycles. The Labute approximate surface area is 108 Å². The average Bonchev–Trinajstić information content (AvgIpc) is 2.34. The van der Waals surface area contributed by atoms with Crippen LogP contribution in [0.5, 0.6) is 5.75 Å². The average molecular weight is 271 g/mol. The van der Waals surface area contributed by atoms with Gasteiger partial charge >= 0.3 is 0 Å². The monoisotopic (exact) mass is 270 g/mol. The number of benzene rings is 1. The van der Waals surface area contributed by atoms with Gasteiger partial charge in [-0.1, -0.05) is 24.2 Å². The van der Waals surface area contributed by atoms with Crippen molar-refractivity contribution in [3.8, 4) is 5.75 Å². The molecule has 1 aromatic carbocycles. The molecule has 0 spiro atoms. The molecule has 0 heterocycles. The van der Waals surface area contributed by atoms with Crippen molar-refractivity contribution in [1.29, 1.82) is 0 Å². The first-order chi connectivity index (χ1) is 8.47. The number of nitro benzene ring substituents is 1. The Kier molecular flexibility index (Phi) is 4.67. The largest absolute Gasteiger partial charge is 0.496 e. The number of nitrogens with zero attached hydrogens (tertiary/aromatic N) is 1. The quantitative estimate of drug-likeness (QED) is 0.656. The van der Waals surface area contributed by atoms with Gasteiger partial charge in [-0.25, -0.2) is 0 Å². The van der Waals surface area contributed by atoms with Crippen molar-refractivity contribution in [1.82, 2.24) is 5.32 Å². The van der Waals surface area contributed by atoms with E-state index in [2.05, 4.69) is 11.9 Å². The van der Waals surface area contributed by atoms with Gasteiger partial charge in [0.25, 0.3) is 11.6 Å². The number of halogens is 1. The van der Waals surface area contributed by atoms with E-state index in [4.69, 9.17) is 16.3 Å². The second-order valence-corrected chi connectivity index (χ2v) is 3.85. The van der Waals surface area contributed by atoms with Crippen LogP contribution < -0.4 is 10.1 Å². The maximum atomic E-state index is 11.9. The van der Waals surface area contributed by atoms with Gasteiger partial charge in [-0.15, -0.1) is 0 Å². The molecule has 1 N–H and O–H groups in total. The Hall–Kier alpha value is -2.08. The summed E-state index contributed by atoms with van der Waals surface area (Å²) < 4.78 is 4.94. The van der Waals surface area contributed by atoms with E-state index in [0.717, 1.165) is 0 Å². The third kappa shape index (κ3) is 3.21. The summed E-state index contributed by atoms with van der Waals surface area (Å²) in [5.74, 6) is -0.511. The number of hydrogen-bond acceptors (Lipinski definition) is 4. The standard InChI is InChI=1S/C11H11ClN2O4/c1-7(12)6-13-11(15)10-8(14(16)17)4-3-5-9(10)18-2/h3-5H,1,6H2,2H3,(H,13,15). The second-order valence-electron chi connectivity index (χ2n) is 3.31. The molecule has 0 unspecified atom stereocenters. The Balaban J connectivity index is 3.15. The van der Waals surface area contributed by atoms with Crippen molar-refractivity contribution in [3.05, 3.63) is 45.5 Å². The highest BCUT2D eigenvalue weighted by atomic mass is 35.5. The lowest BCUT2D eigenvalue weighted by molar-refractivity contribution is -0.385. The van der Waals surface area contributed by atoms with Crippen LogP contribution in [0, 0.1) is 10.1 Å². The number of amides is 1. The highest BCUT2D eigenvalue weighted by Crippen LogP contribution is 2.27. The van der Waals surface area contributed by atoms with E-state index in [1.165, 1.54) is 25.3 Å². The molecule has 1 aromatic rings. The molecule has 0 fully saturated rings. The first kappa shape index (κ1) is 14.0. The topological polar surface area (TPSA) is 81.5 Å². The van der Waals surface area contributed by atoms with Gasteiger partial charge in [-0.05, 0) is 6.07 Å². The fourth-order valence-electron chi connectivity index (χ4n) is 1.33. The first-order valence-corrected chi connectivity index (χ1v) is 5.28. The van der Waals surface area contributed by atoms with Crippen LogP contribution in [0.15, 0.2) is 29.8 Å². The SMILES string of the molecule is C=C(Cl)CNC(=O)c1c(OC)cccc1[N+](=O)[O-]. The van der Waals surface area contributed by atoms with Gasteiger partial charge in [0.05, 0.1) is 18.6 Å². The number of ether oxygens (including phenoxy) is 1. The normalized spacial score (nSPS) is 9.67. The molecule has 0 radical (unpaired) electrons. The molecule has 96 valence electrons. The zero-order valence-corrected chi connectivity index (χ0v) is 10.4. The zero-order valence-electron chi connectivity index (χ0n) is 9.60. The van der Waals surface area contributed by atoms with Crippen molar-refractivity contribution in [2.75, 3.05) is 13.7 Å². The summed E-state index contributed by atoms with van der Waals surface area (Å²) in [6.07, 6.45) is 0. The minimum absolute atomic E-state index is 0.0234. The Bertz CT molecular complexity index is 502. The Morgan fingerprint density at radius 1 is 1.61 bits per heavy atom. The van der Waals surface area contributed by atoms with Gasteiger partial charge in [0.1, 0.15) is 5.75 Å². The van der Waals surface area contributed by atoms with E-state index in [0.29, 0.717) is 0 Å². The molecule has 0 aliphatic rings. The van der Waals surface area contributed by atoms with E-state index in [1.54, 1.807) is 0 Å². The molecular weight excluding hydrogens is 260 g/mol. The summed E-state index contributed by atoms with van der Waals surface area (Å²) in [5.41, 5.74) is -0.463. The van der Waals surface area contributed by atoms with Crippen LogP contribution in [0.2, 0.25) is 0 Å². The smallest absolute Gasteiger partial charge is 0.285 e. The molecule has 0 aliphatic heterocycles. The fourth-order valence-corrected chi connectivity index (χ4v) is 1.40. The zero-order chi connectivity index (χ0) is 13.7. The summed E-state index contributed by atoms with van der Waals surface area (Å²) in [6, 6.07) is 4.14. The molecule has 7 heteroatoms. The third-order valence-electron chi connectivity index (χ3n) is 2.09. The van der Waals surface area contributed by atoms with Crippen LogP contribution >= 0.6 is 11.6 Å². The van der Waals surface area contributed by atoms with Gasteiger partial charge in [0.15, 0.2) is 5.56 Å². The highest BCUT2D eigenvalue weighted by molar-refractivity contribution is 6.29. The molecule has 18 heavy (non-hydrogen) atoms. The van der Waals surface area contributed by atoms with Crippen molar-refractivity contribution < 1.29 is 14.5 Å². The number of methoxy groups -OCH3 is 1. The van der Waals surface area contributed by atoms with Crippen molar-refractivity contribution >= 4 is 23.2 Å². The molecule has 0 saturated heterocycles. The summed E-state index contributed by atoms with van der Waals surface area (Å²) in [7, 11) is 1.33. The second kappa shape index (κ2) is 6.02. The maximum absolute atomic E-state index is 11.9. The fraction of sp³-hybridized carbons (Fsp3) is 0.182. The number of nitro groups is 1. The third-order valence-corrected chi connectivity index (χ3v) is 2.22. The molecular formula is C11H11ClN2O4. The van der Waals surface area contributed by atoms with Gasteiger partial charge in [0.2, 0.25) is 0 Å². The number of hydrogen-bond donors (Lipinski definition) is 1. The minimum Gasteiger partial charge on any atom is -0.496 e. The lowest BCUT2D eigenvalue weighted by atomic mass is 10.1. The van der Waals surface area contributed by atoms with Gasteiger partial charge < -0.3 is 10.1 Å². The van der Waals surface area contributed by atoms with E-state index in [9.17, 15) is 14.9 Å². The van der Waals surface area contributed by atoms with Crippen LogP contribution in [0.4, 0.5) is 5.69 Å². The predicted octanol–water partition coefficient (Wildman–Crippen LogP) is 2.09. The maximum Gasteiger partial charge on any atom is 0.285 e. The lowest BCUT2D eigenvalue weighted by Gasteiger charge is -2.09. The first-order valence-electron chi connectivity index (χ1n) is 4.90. The predicted molar refractivity (Wildman–Crippen MR) is 67.0 cm³/mol. The Morgan fingerprint density at radius 2 is 2.28 bits per heavy atom. The molecule has 1 amide bonds. The molecule has 6 nitrogen and oxygen atoms in total. The van der Waals surface area contributed by atoms with Gasteiger partial charge in [0, 0.05) is 11.1 Å². The van der Waals surface area contributed by atoms with E-state index < -0.39 is 10.8 Å². The minimum atomic E-state index is -0.646. The summed E-state index contributed by atoms with van der Waals surface area (Å²) in [5, 5.41) is 13.5. The van der Waals surface area contributed by atoms with Crippen LogP contribution in [0.25, 0.3) is 0 Å². The molecule has 1 rings (SSSR count). The number of nitrogens with one attached hydrogen (secondary N) is 1. The summed E-state index contributed by atoms with van der Waals surface area (Å²) >= 11 is 5.51. The molecule has 0 bridgehead atoms. The van der Waals surface area contributed by atoms with E-state index >= 15 is 0 Å². The van der Waals surface area contributed by atoms with Gasteiger partial charge in [-0.2, -0.15) is 0 Å². The number of carbonyl (C=O) groups is 1. The van der Waals surface area contributed by atoms with Crippen LogP contribution in [-0.2, 0) is 0 Å². The van der Waals surface area contributed by atoms with Crippen LogP contribution in [0.1, 0.15) is 10.4 Å². The highest BCUT2D eigenvalue weighted by Gasteiger charge is 2.24. The van der Waals surface area contributed by atoms with Crippen molar-refractivity contribution in [2.45, 2.75) is 0 Å². The van der Waals surface area contributed by atoms with Crippen molar-refractivity contribution in [3.63, 3.8) is 0 Å². The number of rotatable bonds is 5. The van der Waals surface area contributed by atoms with Crippen molar-refractivity contribution in [2.24, 2.45) is 0 Å². The van der Waals surface area contributed by atoms with Gasteiger partial charge in [-0.3, -0.25) is 14.9 Å². The summed E-state index contributed by atoms with van der Waals surface area (Å²) in [6.45, 7) is 3.43. The number of carbonyl (C=O) groups excluding carboxylic acids is 1. The Morgan fingerprint density at radius 3 is 2.78 bits per heavy atom. The van der Waals surface area contributed by atoms with Crippen LogP contribution in [0.3, 0.4) is 0 Å². The molecule has 0 atom stereocenters. The van der Waals surface area contributed by atoms with E-state index in [1.807, 2.05) is 0 Å². The summed E-state index contributed by atoms with van der Waals surface area (Å²) in [4.78, 5) is 22.1. The lowest BCUT2D eigenvalue weighted by Crippen LogP contribution is -2.25. The van der Waals surface area contributed by atoms with E-state index in [-0.39, 0.29) is 28.6 Å².